The smallest absolute Gasteiger partial charge is 0.305 e. The molecule has 0 radical (unpaired) electrons. The number of amides is 1. The summed E-state index contributed by atoms with van der Waals surface area (Å²) in [6.45, 7) is 4.37. The Kier molecular flexibility index (Phi) is 67.6. The predicted octanol–water partition coefficient (Wildman–Crippen LogP) is 21.9. The van der Waals surface area contributed by atoms with Crippen LogP contribution in [-0.4, -0.2) is 100 Å². The van der Waals surface area contributed by atoms with Gasteiger partial charge in [-0.15, -0.1) is 0 Å². The molecule has 7 unspecified atom stereocenters. The highest BCUT2D eigenvalue weighted by atomic mass is 16.7. The zero-order chi connectivity index (χ0) is 67.2. The summed E-state index contributed by atoms with van der Waals surface area (Å²) in [5.41, 5.74) is 0. The van der Waals surface area contributed by atoms with Crippen LogP contribution in [0, 0.1) is 0 Å². The Balaban J connectivity index is 1.87. The van der Waals surface area contributed by atoms with Gasteiger partial charge in [0.25, 0.3) is 0 Å². The third kappa shape index (κ3) is 59.4. The molecular weight excluding hydrogens is 1160 g/mol. The third-order valence-corrected chi connectivity index (χ3v) is 19.2. The Bertz CT molecular complexity index is 1690. The highest BCUT2D eigenvalue weighted by molar-refractivity contribution is 5.76. The van der Waals surface area contributed by atoms with Crippen LogP contribution in [0.5, 0.6) is 0 Å². The number of esters is 1. The second kappa shape index (κ2) is 70.9. The van der Waals surface area contributed by atoms with Crippen molar-refractivity contribution in [2.45, 2.75) is 442 Å². The predicted molar refractivity (Wildman–Crippen MR) is 394 cm³/mol. The summed E-state index contributed by atoms with van der Waals surface area (Å²) in [4.78, 5) is 25.2. The summed E-state index contributed by atoms with van der Waals surface area (Å²) in [6.07, 6.45) is 84.4. The molecule has 7 atom stereocenters. The first-order chi connectivity index (χ1) is 45.7. The van der Waals surface area contributed by atoms with E-state index in [1.54, 1.807) is 6.08 Å². The molecular formula is C82H153NO10. The summed E-state index contributed by atoms with van der Waals surface area (Å²) < 4.78 is 16.8. The highest BCUT2D eigenvalue weighted by Crippen LogP contribution is 2.24. The number of rotatable bonds is 72. The van der Waals surface area contributed by atoms with E-state index in [1.807, 2.05) is 6.08 Å². The van der Waals surface area contributed by atoms with Gasteiger partial charge in [0.15, 0.2) is 6.29 Å². The van der Waals surface area contributed by atoms with Crippen molar-refractivity contribution in [1.82, 2.24) is 5.32 Å². The second-order valence-corrected chi connectivity index (χ2v) is 28.1. The fourth-order valence-corrected chi connectivity index (χ4v) is 12.8. The summed E-state index contributed by atoms with van der Waals surface area (Å²) >= 11 is 0. The fraction of sp³-hybridized carbons (Fsp3) is 0.878. The minimum atomic E-state index is -1.57. The van der Waals surface area contributed by atoms with Gasteiger partial charge in [0.05, 0.1) is 32.0 Å². The molecule has 1 saturated heterocycles. The quantitative estimate of drug-likeness (QED) is 0.0195. The van der Waals surface area contributed by atoms with E-state index >= 15 is 0 Å². The highest BCUT2D eigenvalue weighted by Gasteiger charge is 2.44. The number of ether oxygens (including phenoxy) is 3. The van der Waals surface area contributed by atoms with Crippen molar-refractivity contribution in [2.24, 2.45) is 0 Å². The molecule has 0 aromatic rings. The number of hydrogen-bond acceptors (Lipinski definition) is 10. The molecule has 0 aromatic heterocycles. The van der Waals surface area contributed by atoms with E-state index < -0.39 is 49.5 Å². The molecule has 0 saturated carbocycles. The maximum Gasteiger partial charge on any atom is 0.305 e. The van der Waals surface area contributed by atoms with Crippen molar-refractivity contribution in [2.75, 3.05) is 19.8 Å². The van der Waals surface area contributed by atoms with E-state index in [9.17, 15) is 35.1 Å². The first kappa shape index (κ1) is 88.6. The minimum absolute atomic E-state index is 0.0101. The van der Waals surface area contributed by atoms with Crippen LogP contribution in [0.15, 0.2) is 48.6 Å². The molecule has 93 heavy (non-hydrogen) atoms. The molecule has 0 spiro atoms. The number of hydrogen-bond donors (Lipinski definition) is 6. The SMILES string of the molecule is CCCCCCCCC/C=C\CCCCCCCCCC(=O)OCCCCCCCCCCCCCCC/C=C\C/C=C\CCCCCCCCCCCCCCCCCCCC(=O)NC(COC1OC(CO)C(O)C(O)C1O)C(O)/C=C/CCCCCCCCCC. The average Bonchev–Trinajstić information content (AvgIpc) is 0.935. The van der Waals surface area contributed by atoms with E-state index in [0.29, 0.717) is 19.4 Å². The Morgan fingerprint density at radius 3 is 1.10 bits per heavy atom. The van der Waals surface area contributed by atoms with Crippen molar-refractivity contribution in [1.29, 1.82) is 0 Å². The maximum atomic E-state index is 13.0. The lowest BCUT2D eigenvalue weighted by atomic mass is 9.99. The van der Waals surface area contributed by atoms with Gasteiger partial charge in [-0.3, -0.25) is 9.59 Å². The van der Waals surface area contributed by atoms with Crippen molar-refractivity contribution < 1.29 is 49.3 Å². The molecule has 1 aliphatic rings. The molecule has 1 aliphatic heterocycles. The first-order valence-electron chi connectivity index (χ1n) is 40.4. The van der Waals surface area contributed by atoms with Crippen molar-refractivity contribution in [3.8, 4) is 0 Å². The topological polar surface area (TPSA) is 175 Å². The van der Waals surface area contributed by atoms with Crippen LogP contribution in [0.4, 0.5) is 0 Å². The van der Waals surface area contributed by atoms with Crippen LogP contribution >= 0.6 is 0 Å². The van der Waals surface area contributed by atoms with E-state index in [4.69, 9.17) is 14.2 Å². The average molecular weight is 1310 g/mol. The van der Waals surface area contributed by atoms with Crippen LogP contribution in [0.3, 0.4) is 0 Å². The normalized spacial score (nSPS) is 17.7. The van der Waals surface area contributed by atoms with Gasteiger partial charge in [-0.25, -0.2) is 0 Å². The molecule has 0 bridgehead atoms. The molecule has 1 fully saturated rings. The van der Waals surface area contributed by atoms with Gasteiger partial charge in [0.1, 0.15) is 24.4 Å². The van der Waals surface area contributed by atoms with Gasteiger partial charge in [-0.05, 0) is 89.9 Å². The summed E-state index contributed by atoms with van der Waals surface area (Å²) in [7, 11) is 0. The monoisotopic (exact) mass is 1310 g/mol. The molecule has 546 valence electrons. The Hall–Kier alpha value is -2.38. The standard InChI is InChI=1S/C82H153NO10/c1-3-5-7-9-11-13-15-16-17-18-41-44-47-50-54-58-62-66-70-78(87)91-71-67-63-59-55-51-48-45-42-39-37-35-33-31-29-27-25-23-21-19-20-22-24-26-28-30-32-34-36-38-40-43-46-49-53-57-61-65-69-77(86)83-74(73-92-82-81(90)80(89)79(88)76(72-84)93-82)75(85)68-64-60-56-52-14-12-10-8-6-4-2/h17-19,21,25,27,64,68,74-76,79-82,84-85,88-90H,3-16,20,22-24,26,28-63,65-67,69-73H2,1-2H3,(H,83,86)/b18-17-,21-19-,27-25-,68-64+. The molecule has 1 rings (SSSR count). The van der Waals surface area contributed by atoms with Crippen molar-refractivity contribution >= 4 is 11.9 Å². The number of allylic oxidation sites excluding steroid dienone is 7. The van der Waals surface area contributed by atoms with E-state index in [0.717, 1.165) is 64.2 Å². The summed E-state index contributed by atoms with van der Waals surface area (Å²) in [5.74, 6) is -0.169. The Morgan fingerprint density at radius 2 is 0.720 bits per heavy atom. The number of nitrogens with one attached hydrogen (secondary N) is 1. The van der Waals surface area contributed by atoms with Crippen LogP contribution < -0.4 is 5.32 Å². The second-order valence-electron chi connectivity index (χ2n) is 28.1. The van der Waals surface area contributed by atoms with Crippen LogP contribution in [-0.2, 0) is 23.8 Å². The molecule has 1 amide bonds. The van der Waals surface area contributed by atoms with Gasteiger partial charge in [-0.2, -0.15) is 0 Å². The Morgan fingerprint density at radius 1 is 0.398 bits per heavy atom. The molecule has 1 heterocycles. The number of aliphatic hydroxyl groups excluding tert-OH is 5. The minimum Gasteiger partial charge on any atom is -0.466 e. The molecule has 0 aliphatic carbocycles. The van der Waals surface area contributed by atoms with Gasteiger partial charge in [0, 0.05) is 12.8 Å². The van der Waals surface area contributed by atoms with Gasteiger partial charge in [-0.1, -0.05) is 345 Å². The first-order valence-corrected chi connectivity index (χ1v) is 40.4. The van der Waals surface area contributed by atoms with Crippen molar-refractivity contribution in [3.63, 3.8) is 0 Å². The van der Waals surface area contributed by atoms with Crippen LogP contribution in [0.1, 0.15) is 399 Å². The third-order valence-electron chi connectivity index (χ3n) is 19.2. The molecule has 11 heteroatoms. The summed E-state index contributed by atoms with van der Waals surface area (Å²) in [6, 6.07) is -0.807. The number of carbonyl (C=O) groups is 2. The van der Waals surface area contributed by atoms with Crippen LogP contribution in [0.2, 0.25) is 0 Å². The fourth-order valence-electron chi connectivity index (χ4n) is 12.8. The number of unbranched alkanes of at least 4 members (excludes halogenated alkanes) is 52. The maximum absolute atomic E-state index is 13.0. The molecule has 11 nitrogen and oxygen atoms in total. The largest absolute Gasteiger partial charge is 0.466 e. The van der Waals surface area contributed by atoms with Gasteiger partial charge >= 0.3 is 5.97 Å². The van der Waals surface area contributed by atoms with E-state index in [-0.39, 0.29) is 18.5 Å². The van der Waals surface area contributed by atoms with E-state index in [2.05, 4.69) is 55.6 Å². The molecule has 6 N–H and O–H groups in total. The summed E-state index contributed by atoms with van der Waals surface area (Å²) in [5, 5.41) is 54.4. The van der Waals surface area contributed by atoms with Crippen LogP contribution in [0.25, 0.3) is 0 Å². The van der Waals surface area contributed by atoms with E-state index in [1.165, 1.54) is 308 Å². The van der Waals surface area contributed by atoms with Crippen molar-refractivity contribution in [3.05, 3.63) is 48.6 Å². The lowest BCUT2D eigenvalue weighted by molar-refractivity contribution is -0.302. The zero-order valence-corrected chi connectivity index (χ0v) is 61.0. The zero-order valence-electron chi connectivity index (χ0n) is 61.0. The lowest BCUT2D eigenvalue weighted by Gasteiger charge is -2.40. The van der Waals surface area contributed by atoms with Gasteiger partial charge < -0.3 is 45.1 Å². The number of carbonyl (C=O) groups excluding carboxylic acids is 2. The Labute approximate surface area is 574 Å². The lowest BCUT2D eigenvalue weighted by Crippen LogP contribution is -2.60. The number of aliphatic hydroxyl groups is 5. The van der Waals surface area contributed by atoms with Gasteiger partial charge in [0.2, 0.25) is 5.91 Å². The molecule has 0 aromatic carbocycles.